The molecule has 0 bridgehead atoms. The Bertz CT molecular complexity index is 1660. The van der Waals surface area contributed by atoms with Crippen LogP contribution in [-0.2, 0) is 11.2 Å². The molecule has 1 aliphatic rings. The number of hydrogen-bond donors (Lipinski definition) is 1. The van der Waals surface area contributed by atoms with E-state index < -0.39 is 5.76 Å². The molecule has 0 aliphatic carbocycles. The maximum atomic E-state index is 11.6. The molecule has 2 aromatic heterocycles. The standard InChI is InChI=1S/C34H40N6O3/c1-8-11-16-31-30(23(6)40(24(7)37-31)33(22(4)5)36-21-27(9-2)42-10-3)19-26-18-17-25(20-35-26)28-14-12-13-15-29(28)32-38-34(41)43-39-32/h9,12-15,17-18,20-21H,6,8,10-11,16,19H2,1-5,7H3,(H,38,39,41)/b27-9+,36-21?. The summed E-state index contributed by atoms with van der Waals surface area (Å²) in [6.45, 7) is 17.2. The second-order valence-electron chi connectivity index (χ2n) is 10.4. The average molecular weight is 581 g/mol. The third-order valence-corrected chi connectivity index (χ3v) is 7.04. The van der Waals surface area contributed by atoms with Crippen LogP contribution in [0.3, 0.4) is 0 Å². The van der Waals surface area contributed by atoms with Crippen molar-refractivity contribution in [3.05, 3.63) is 106 Å². The molecule has 1 N–H and O–H groups in total. The van der Waals surface area contributed by atoms with Crippen molar-refractivity contribution >= 4 is 12.1 Å². The topological polar surface area (TPSA) is 109 Å². The number of pyridine rings is 1. The molecule has 1 aromatic carbocycles. The van der Waals surface area contributed by atoms with Gasteiger partial charge >= 0.3 is 5.76 Å². The molecular weight excluding hydrogens is 540 g/mol. The molecule has 0 saturated carbocycles. The molecule has 9 heteroatoms. The fourth-order valence-corrected chi connectivity index (χ4v) is 4.90. The highest BCUT2D eigenvalue weighted by Crippen LogP contribution is 2.34. The Morgan fingerprint density at radius 2 is 1.93 bits per heavy atom. The number of amidine groups is 1. The molecule has 224 valence electrons. The second-order valence-corrected chi connectivity index (χ2v) is 10.4. The van der Waals surface area contributed by atoms with Gasteiger partial charge < -0.3 is 4.74 Å². The maximum absolute atomic E-state index is 11.6. The number of nitrogens with one attached hydrogen (secondary N) is 1. The summed E-state index contributed by atoms with van der Waals surface area (Å²) in [5, 5.41) is 3.86. The number of nitrogens with zero attached hydrogens (tertiary/aromatic N) is 5. The van der Waals surface area contributed by atoms with Crippen LogP contribution in [0.2, 0.25) is 0 Å². The molecule has 4 rings (SSSR count). The van der Waals surface area contributed by atoms with Crippen molar-refractivity contribution in [2.75, 3.05) is 6.61 Å². The van der Waals surface area contributed by atoms with E-state index in [9.17, 15) is 4.79 Å². The largest absolute Gasteiger partial charge is 0.493 e. The highest BCUT2D eigenvalue weighted by Gasteiger charge is 2.27. The molecule has 0 fully saturated rings. The van der Waals surface area contributed by atoms with Crippen LogP contribution >= 0.6 is 0 Å². The van der Waals surface area contributed by atoms with E-state index in [-0.39, 0.29) is 0 Å². The van der Waals surface area contributed by atoms with E-state index >= 15 is 0 Å². The molecule has 43 heavy (non-hydrogen) atoms. The molecule has 3 aromatic rings. The van der Waals surface area contributed by atoms with Gasteiger partial charge in [-0.2, -0.15) is 0 Å². The zero-order chi connectivity index (χ0) is 30.9. The number of aromatic nitrogens is 3. The van der Waals surface area contributed by atoms with Crippen LogP contribution in [0, 0.1) is 0 Å². The van der Waals surface area contributed by atoms with Gasteiger partial charge in [-0.3, -0.25) is 19.4 Å². The SMILES string of the molecule is C=C1C(Cc2ccc(-c3ccccc3-c3noc(=O)[nH]3)cn2)=C(CCCC)N=C(C)N1C(N=C/C(=C\C)OCC)=C(C)C. The van der Waals surface area contributed by atoms with Gasteiger partial charge in [0.1, 0.15) is 17.4 Å². The van der Waals surface area contributed by atoms with Crippen LogP contribution < -0.4 is 5.76 Å². The second kappa shape index (κ2) is 14.4. The molecule has 0 unspecified atom stereocenters. The summed E-state index contributed by atoms with van der Waals surface area (Å²) in [6.07, 6.45) is 9.01. The Kier molecular flexibility index (Phi) is 10.4. The number of hydrogen-bond acceptors (Lipinski definition) is 8. The van der Waals surface area contributed by atoms with Crippen LogP contribution in [0.5, 0.6) is 0 Å². The Morgan fingerprint density at radius 1 is 1.16 bits per heavy atom. The lowest BCUT2D eigenvalue weighted by atomic mass is 9.97. The number of ether oxygens (including phenoxy) is 1. The van der Waals surface area contributed by atoms with Crippen molar-refractivity contribution in [3.8, 4) is 22.5 Å². The van der Waals surface area contributed by atoms with E-state index in [2.05, 4.69) is 23.6 Å². The molecule has 0 saturated heterocycles. The minimum Gasteiger partial charge on any atom is -0.493 e. The number of H-pyrrole nitrogens is 1. The van der Waals surface area contributed by atoms with Crippen LogP contribution in [0.15, 0.2) is 109 Å². The van der Waals surface area contributed by atoms with Crippen LogP contribution in [0.4, 0.5) is 0 Å². The predicted molar refractivity (Wildman–Crippen MR) is 172 cm³/mol. The predicted octanol–water partition coefficient (Wildman–Crippen LogP) is 7.59. The Labute approximate surface area is 253 Å². The van der Waals surface area contributed by atoms with Gasteiger partial charge in [0.05, 0.1) is 12.8 Å². The minimum atomic E-state index is -0.594. The molecule has 1 aliphatic heterocycles. The van der Waals surface area contributed by atoms with Crippen molar-refractivity contribution < 1.29 is 9.26 Å². The molecule has 0 atom stereocenters. The van der Waals surface area contributed by atoms with Crippen molar-refractivity contribution in [2.24, 2.45) is 9.98 Å². The van der Waals surface area contributed by atoms with Gasteiger partial charge in [0.15, 0.2) is 5.82 Å². The van der Waals surface area contributed by atoms with Crippen molar-refractivity contribution in [3.63, 3.8) is 0 Å². The Morgan fingerprint density at radius 3 is 2.53 bits per heavy atom. The third kappa shape index (κ3) is 7.35. The van der Waals surface area contributed by atoms with E-state index in [1.54, 1.807) is 6.21 Å². The first-order valence-electron chi connectivity index (χ1n) is 14.6. The van der Waals surface area contributed by atoms with Crippen LogP contribution in [0.25, 0.3) is 22.5 Å². The smallest absolute Gasteiger partial charge is 0.439 e. The van der Waals surface area contributed by atoms with Crippen LogP contribution in [0.1, 0.15) is 66.5 Å². The molecule has 9 nitrogen and oxygen atoms in total. The molecule has 0 amide bonds. The number of aliphatic imine (C=N–C) groups is 2. The number of unbranched alkanes of at least 4 members (excludes halogenated alkanes) is 1. The molecule has 0 spiro atoms. The molecule has 0 radical (unpaired) electrons. The first kappa shape index (κ1) is 31.2. The number of aromatic amines is 1. The maximum Gasteiger partial charge on any atom is 0.439 e. The van der Waals surface area contributed by atoms with Crippen molar-refractivity contribution in [1.82, 2.24) is 20.0 Å². The molecular formula is C34H40N6O3. The summed E-state index contributed by atoms with van der Waals surface area (Å²) in [5.74, 6) is 2.09. The fourth-order valence-electron chi connectivity index (χ4n) is 4.90. The third-order valence-electron chi connectivity index (χ3n) is 7.04. The first-order valence-corrected chi connectivity index (χ1v) is 14.6. The van der Waals surface area contributed by atoms with Gasteiger partial charge in [-0.1, -0.05) is 55.4 Å². The van der Waals surface area contributed by atoms with Crippen LogP contribution in [-0.4, -0.2) is 38.7 Å². The van der Waals surface area contributed by atoms with Gasteiger partial charge in [0.25, 0.3) is 0 Å². The lowest BCUT2D eigenvalue weighted by molar-refractivity contribution is 0.250. The summed E-state index contributed by atoms with van der Waals surface area (Å²) >= 11 is 0. The number of allylic oxidation sites excluding steroid dienone is 5. The number of benzene rings is 1. The van der Waals surface area contributed by atoms with Gasteiger partial charge in [0.2, 0.25) is 0 Å². The van der Waals surface area contributed by atoms with E-state index in [1.165, 1.54) is 0 Å². The van der Waals surface area contributed by atoms with Crippen molar-refractivity contribution in [2.45, 2.75) is 67.2 Å². The zero-order valence-corrected chi connectivity index (χ0v) is 25.9. The van der Waals surface area contributed by atoms with E-state index in [1.807, 2.05) is 88.2 Å². The monoisotopic (exact) mass is 580 g/mol. The van der Waals surface area contributed by atoms with Gasteiger partial charge in [-0.05, 0) is 70.7 Å². The normalized spacial score (nSPS) is 14.0. The summed E-state index contributed by atoms with van der Waals surface area (Å²) in [4.78, 5) is 30.9. The minimum absolute atomic E-state index is 0.378. The van der Waals surface area contributed by atoms with Gasteiger partial charge in [0, 0.05) is 46.4 Å². The van der Waals surface area contributed by atoms with E-state index in [0.717, 1.165) is 75.8 Å². The number of rotatable bonds is 12. The first-order chi connectivity index (χ1) is 20.8. The fraction of sp³-hybridized carbons (Fsp3) is 0.324. The zero-order valence-electron chi connectivity index (χ0n) is 25.9. The summed E-state index contributed by atoms with van der Waals surface area (Å²) in [7, 11) is 0. The van der Waals surface area contributed by atoms with Gasteiger partial charge in [-0.15, -0.1) is 0 Å². The highest BCUT2D eigenvalue weighted by atomic mass is 16.5. The average Bonchev–Trinajstić information content (AvgIpc) is 3.44. The van der Waals surface area contributed by atoms with E-state index in [4.69, 9.17) is 24.2 Å². The molecule has 3 heterocycles. The van der Waals surface area contributed by atoms with Gasteiger partial charge in [-0.25, -0.2) is 14.8 Å². The summed E-state index contributed by atoms with van der Waals surface area (Å²) in [5.41, 5.74) is 7.40. The lowest BCUT2D eigenvalue weighted by Crippen LogP contribution is -2.32. The lowest BCUT2D eigenvalue weighted by Gasteiger charge is -2.33. The van der Waals surface area contributed by atoms with Crippen molar-refractivity contribution in [1.29, 1.82) is 0 Å². The quantitative estimate of drug-likeness (QED) is 0.175. The Hall–Kier alpha value is -4.79. The van der Waals surface area contributed by atoms with E-state index in [0.29, 0.717) is 24.6 Å². The highest BCUT2D eigenvalue weighted by molar-refractivity contribution is 5.88. The summed E-state index contributed by atoms with van der Waals surface area (Å²) in [6, 6.07) is 11.7. The summed E-state index contributed by atoms with van der Waals surface area (Å²) < 4.78 is 10.4. The Balaban J connectivity index is 1.67.